The van der Waals surface area contributed by atoms with Crippen LogP contribution in [0.2, 0.25) is 0 Å². The van der Waals surface area contributed by atoms with E-state index in [9.17, 15) is 10.1 Å². The zero-order valence-corrected chi connectivity index (χ0v) is 12.9. The Kier molecular flexibility index (Phi) is 2.77. The number of fused-ring (bicyclic) bond motifs is 7. The molecule has 2 aliphatic carbocycles. The number of hydrogen-bond acceptors (Lipinski definition) is 5. The summed E-state index contributed by atoms with van der Waals surface area (Å²) < 4.78 is 0. The second-order valence-corrected chi connectivity index (χ2v) is 6.73. The summed E-state index contributed by atoms with van der Waals surface area (Å²) >= 11 is 0. The normalized spacial score (nSPS) is 35.3. The first kappa shape index (κ1) is 13.7. The summed E-state index contributed by atoms with van der Waals surface area (Å²) in [6, 6.07) is 5.91. The standard InChI is InChI=1S/C18H16N4O2/c23-22(24)14-5-3-9-21-17-12-7-6-11(10-12)15(17)16(20-18(14)21)13-4-1-2-8-19-13/h1-9,11-12,15-17H,10H2. The molecule has 1 fully saturated rings. The van der Waals surface area contributed by atoms with Crippen LogP contribution >= 0.6 is 0 Å². The van der Waals surface area contributed by atoms with Crippen LogP contribution in [0.15, 0.2) is 65.6 Å². The van der Waals surface area contributed by atoms with Gasteiger partial charge in [-0.15, -0.1) is 0 Å². The Balaban J connectivity index is 1.67. The molecule has 6 heteroatoms. The molecule has 2 bridgehead atoms. The molecular formula is C18H16N4O2. The fourth-order valence-electron chi connectivity index (χ4n) is 4.70. The average Bonchev–Trinajstić information content (AvgIpc) is 3.23. The van der Waals surface area contributed by atoms with Gasteiger partial charge < -0.3 is 4.90 Å². The highest BCUT2D eigenvalue weighted by molar-refractivity contribution is 5.99. The summed E-state index contributed by atoms with van der Waals surface area (Å²) in [4.78, 5) is 22.5. The molecule has 0 spiro atoms. The molecule has 0 N–H and O–H groups in total. The second kappa shape index (κ2) is 4.87. The monoisotopic (exact) mass is 320 g/mol. The van der Waals surface area contributed by atoms with Gasteiger partial charge in [0.2, 0.25) is 5.84 Å². The highest BCUT2D eigenvalue weighted by Gasteiger charge is 2.55. The van der Waals surface area contributed by atoms with E-state index in [1.807, 2.05) is 29.3 Å². The summed E-state index contributed by atoms with van der Waals surface area (Å²) in [5.41, 5.74) is 0.974. The Labute approximate surface area is 139 Å². The molecule has 0 aromatic carbocycles. The quantitative estimate of drug-likeness (QED) is 0.477. The lowest BCUT2D eigenvalue weighted by molar-refractivity contribution is -0.416. The van der Waals surface area contributed by atoms with E-state index in [0.717, 1.165) is 12.1 Å². The third kappa shape index (κ3) is 1.76. The Bertz CT molecular complexity index is 827. The van der Waals surface area contributed by atoms with Crippen LogP contribution in [0.3, 0.4) is 0 Å². The minimum absolute atomic E-state index is 0.0728. The predicted octanol–water partition coefficient (Wildman–Crippen LogP) is 2.72. The second-order valence-electron chi connectivity index (χ2n) is 6.73. The molecule has 6 nitrogen and oxygen atoms in total. The summed E-state index contributed by atoms with van der Waals surface area (Å²) in [6.45, 7) is 0. The first-order chi connectivity index (χ1) is 11.7. The molecule has 1 aromatic heterocycles. The largest absolute Gasteiger partial charge is 0.324 e. The molecule has 1 aromatic rings. The molecule has 120 valence electrons. The topological polar surface area (TPSA) is 71.6 Å². The Hall–Kier alpha value is -2.76. The number of nitrogens with zero attached hydrogens (tertiary/aromatic N) is 4. The summed E-state index contributed by atoms with van der Waals surface area (Å²) in [6.07, 6.45) is 12.7. The third-order valence-corrected chi connectivity index (χ3v) is 5.59. The zero-order valence-electron chi connectivity index (χ0n) is 12.9. The Morgan fingerprint density at radius 1 is 1.25 bits per heavy atom. The van der Waals surface area contributed by atoms with Gasteiger partial charge in [-0.3, -0.25) is 20.1 Å². The number of amidine groups is 1. The SMILES string of the molecule is O=[N+]([O-])C1=CC=CN2C1=NC(c1ccccn1)C1C3C=CC(C3)C12. The predicted molar refractivity (Wildman–Crippen MR) is 88.5 cm³/mol. The van der Waals surface area contributed by atoms with Crippen molar-refractivity contribution in [3.05, 3.63) is 76.4 Å². The van der Waals surface area contributed by atoms with Crippen LogP contribution in [0, 0.1) is 27.9 Å². The van der Waals surface area contributed by atoms with Crippen molar-refractivity contribution < 1.29 is 4.92 Å². The van der Waals surface area contributed by atoms with Crippen LogP contribution in [0.5, 0.6) is 0 Å². The minimum Gasteiger partial charge on any atom is -0.324 e. The highest BCUT2D eigenvalue weighted by atomic mass is 16.6. The van der Waals surface area contributed by atoms with Crippen LogP contribution in [-0.2, 0) is 0 Å². The zero-order chi connectivity index (χ0) is 16.3. The molecule has 0 amide bonds. The van der Waals surface area contributed by atoms with E-state index in [2.05, 4.69) is 17.1 Å². The number of aromatic nitrogens is 1. The van der Waals surface area contributed by atoms with E-state index >= 15 is 0 Å². The van der Waals surface area contributed by atoms with Crippen molar-refractivity contribution in [1.82, 2.24) is 9.88 Å². The number of nitro groups is 1. The van der Waals surface area contributed by atoms with Gasteiger partial charge in [0.15, 0.2) is 0 Å². The van der Waals surface area contributed by atoms with Crippen molar-refractivity contribution in [2.45, 2.75) is 18.5 Å². The van der Waals surface area contributed by atoms with E-state index in [-0.39, 0.29) is 22.7 Å². The van der Waals surface area contributed by atoms with E-state index < -0.39 is 0 Å². The number of allylic oxidation sites excluding steroid dienone is 3. The van der Waals surface area contributed by atoms with Gasteiger partial charge >= 0.3 is 5.70 Å². The maximum Gasteiger partial charge on any atom is 0.311 e. The molecule has 24 heavy (non-hydrogen) atoms. The highest BCUT2D eigenvalue weighted by Crippen LogP contribution is 2.54. The summed E-state index contributed by atoms with van der Waals surface area (Å²) in [5, 5.41) is 11.5. The maximum atomic E-state index is 11.5. The molecular weight excluding hydrogens is 304 g/mol. The molecule has 2 aliphatic heterocycles. The van der Waals surface area contributed by atoms with Gasteiger partial charge in [-0.2, -0.15) is 0 Å². The maximum absolute atomic E-state index is 11.5. The van der Waals surface area contributed by atoms with Crippen LogP contribution in [0.4, 0.5) is 0 Å². The smallest absolute Gasteiger partial charge is 0.311 e. The van der Waals surface area contributed by atoms with Crippen LogP contribution in [-0.4, -0.2) is 26.7 Å². The molecule has 0 radical (unpaired) electrons. The van der Waals surface area contributed by atoms with Crippen molar-refractivity contribution in [2.24, 2.45) is 22.7 Å². The van der Waals surface area contributed by atoms with Gasteiger partial charge in [0, 0.05) is 30.4 Å². The van der Waals surface area contributed by atoms with Crippen LogP contribution < -0.4 is 0 Å². The van der Waals surface area contributed by atoms with Gasteiger partial charge in [0.1, 0.15) is 0 Å². The lowest BCUT2D eigenvalue weighted by Crippen LogP contribution is -2.51. The lowest BCUT2D eigenvalue weighted by Gasteiger charge is -2.44. The molecule has 5 unspecified atom stereocenters. The van der Waals surface area contributed by atoms with Gasteiger partial charge in [-0.25, -0.2) is 0 Å². The van der Waals surface area contributed by atoms with Crippen molar-refractivity contribution in [1.29, 1.82) is 0 Å². The average molecular weight is 320 g/mol. The van der Waals surface area contributed by atoms with Crippen molar-refractivity contribution >= 4 is 5.84 Å². The first-order valence-corrected chi connectivity index (χ1v) is 8.22. The van der Waals surface area contributed by atoms with Crippen molar-refractivity contribution in [3.8, 4) is 0 Å². The van der Waals surface area contributed by atoms with Crippen molar-refractivity contribution in [3.63, 3.8) is 0 Å². The lowest BCUT2D eigenvalue weighted by atomic mass is 9.79. The van der Waals surface area contributed by atoms with E-state index in [0.29, 0.717) is 23.6 Å². The number of aliphatic imine (C=N–C) groups is 1. The Morgan fingerprint density at radius 3 is 2.92 bits per heavy atom. The molecule has 3 heterocycles. The first-order valence-electron chi connectivity index (χ1n) is 8.22. The number of rotatable bonds is 2. The molecule has 4 aliphatic rings. The van der Waals surface area contributed by atoms with Crippen LogP contribution in [0.1, 0.15) is 18.2 Å². The molecule has 5 atom stereocenters. The fourth-order valence-corrected chi connectivity index (χ4v) is 4.70. The summed E-state index contributed by atoms with van der Waals surface area (Å²) in [5.74, 6) is 1.68. The Morgan fingerprint density at radius 2 is 2.12 bits per heavy atom. The van der Waals surface area contributed by atoms with Gasteiger partial charge in [-0.1, -0.05) is 18.2 Å². The van der Waals surface area contributed by atoms with Gasteiger partial charge in [0.25, 0.3) is 0 Å². The minimum atomic E-state index is -0.339. The van der Waals surface area contributed by atoms with E-state index in [4.69, 9.17) is 4.99 Å². The van der Waals surface area contributed by atoms with Gasteiger partial charge in [0.05, 0.1) is 16.7 Å². The number of pyridine rings is 1. The molecule has 1 saturated carbocycles. The molecule has 5 rings (SSSR count). The van der Waals surface area contributed by atoms with E-state index in [1.165, 1.54) is 6.08 Å². The van der Waals surface area contributed by atoms with Crippen molar-refractivity contribution in [2.75, 3.05) is 0 Å². The van der Waals surface area contributed by atoms with E-state index in [1.54, 1.807) is 12.3 Å². The molecule has 0 saturated heterocycles. The van der Waals surface area contributed by atoms with Gasteiger partial charge in [-0.05, 0) is 36.5 Å². The summed E-state index contributed by atoms with van der Waals surface area (Å²) in [7, 11) is 0. The third-order valence-electron chi connectivity index (χ3n) is 5.59. The van der Waals surface area contributed by atoms with Crippen LogP contribution in [0.25, 0.3) is 0 Å². The number of hydrogen-bond donors (Lipinski definition) is 0. The fraction of sp³-hybridized carbons (Fsp3) is 0.333.